The van der Waals surface area contributed by atoms with Gasteiger partial charge in [-0.05, 0) is 68.5 Å². The minimum absolute atomic E-state index is 0.196. The van der Waals surface area contributed by atoms with Crippen molar-refractivity contribution in [1.82, 2.24) is 15.0 Å². The number of nitrogens with zero attached hydrogens (tertiary/aromatic N) is 3. The van der Waals surface area contributed by atoms with Crippen molar-refractivity contribution in [3.05, 3.63) is 50.8 Å². The van der Waals surface area contributed by atoms with Crippen LogP contribution in [0.5, 0.6) is 0 Å². The molecule has 164 valence electrons. The molecule has 1 amide bonds. The molecule has 4 heterocycles. The summed E-state index contributed by atoms with van der Waals surface area (Å²) in [6, 6.07) is 8.21. The molecule has 31 heavy (non-hydrogen) atoms. The number of benzene rings is 1. The van der Waals surface area contributed by atoms with Crippen molar-refractivity contribution in [1.29, 1.82) is 0 Å². The average Bonchev–Trinajstić information content (AvgIpc) is 3.38. The quantitative estimate of drug-likeness (QED) is 0.576. The zero-order valence-corrected chi connectivity index (χ0v) is 19.3. The number of thiophene rings is 1. The second kappa shape index (κ2) is 8.75. The highest BCUT2D eigenvalue weighted by molar-refractivity contribution is 7.12. The highest BCUT2D eigenvalue weighted by Crippen LogP contribution is 2.35. The summed E-state index contributed by atoms with van der Waals surface area (Å²) in [6.07, 6.45) is 5.53. The molecule has 6 heteroatoms. The van der Waals surface area contributed by atoms with E-state index in [0.717, 1.165) is 76.1 Å². The summed E-state index contributed by atoms with van der Waals surface area (Å²) in [5.41, 5.74) is 5.14. The van der Waals surface area contributed by atoms with Crippen molar-refractivity contribution in [2.45, 2.75) is 58.4 Å². The van der Waals surface area contributed by atoms with Gasteiger partial charge in [0.2, 0.25) is 5.91 Å². The van der Waals surface area contributed by atoms with Crippen LogP contribution in [0.1, 0.15) is 59.2 Å². The molecular weight excluding hydrogens is 406 g/mol. The third-order valence-electron chi connectivity index (χ3n) is 7.08. The van der Waals surface area contributed by atoms with Crippen molar-refractivity contribution < 1.29 is 9.32 Å². The van der Waals surface area contributed by atoms with Crippen LogP contribution in [-0.2, 0) is 30.6 Å². The van der Waals surface area contributed by atoms with Crippen molar-refractivity contribution in [3.63, 3.8) is 0 Å². The zero-order valence-electron chi connectivity index (χ0n) is 18.5. The van der Waals surface area contributed by atoms with E-state index in [1.807, 2.05) is 28.4 Å². The molecule has 1 fully saturated rings. The van der Waals surface area contributed by atoms with Gasteiger partial charge >= 0.3 is 0 Å². The average molecular weight is 438 g/mol. The van der Waals surface area contributed by atoms with Gasteiger partial charge in [-0.1, -0.05) is 24.2 Å². The molecule has 2 aromatic heterocycles. The number of hydrogen-bond acceptors (Lipinski definition) is 5. The van der Waals surface area contributed by atoms with Gasteiger partial charge < -0.3 is 14.3 Å². The molecule has 0 unspecified atom stereocenters. The van der Waals surface area contributed by atoms with Crippen LogP contribution >= 0.6 is 11.3 Å². The van der Waals surface area contributed by atoms with Crippen LogP contribution in [0.2, 0.25) is 0 Å². The van der Waals surface area contributed by atoms with Gasteiger partial charge in [-0.3, -0.25) is 4.79 Å². The highest BCUT2D eigenvalue weighted by Gasteiger charge is 2.27. The summed E-state index contributed by atoms with van der Waals surface area (Å²) in [5, 5.41) is 5.57. The number of para-hydroxylation sites is 1. The SMILES string of the molecule is CCc1c(CCN2CCC(c3noc4ccccc34)CC2)sc2c1CCN(C(C)=O)C2. The lowest BCUT2D eigenvalue weighted by Gasteiger charge is -2.31. The van der Waals surface area contributed by atoms with E-state index in [0.29, 0.717) is 5.92 Å². The Hall–Kier alpha value is -2.18. The second-order valence-corrected chi connectivity index (χ2v) is 10.1. The highest BCUT2D eigenvalue weighted by atomic mass is 32.1. The molecule has 5 rings (SSSR count). The molecule has 0 spiro atoms. The Morgan fingerprint density at radius 3 is 2.81 bits per heavy atom. The Morgan fingerprint density at radius 2 is 2.03 bits per heavy atom. The van der Waals surface area contributed by atoms with Crippen LogP contribution in [0.4, 0.5) is 0 Å². The molecule has 1 aromatic carbocycles. The van der Waals surface area contributed by atoms with E-state index < -0.39 is 0 Å². The van der Waals surface area contributed by atoms with Crippen molar-refractivity contribution in [2.75, 3.05) is 26.2 Å². The van der Waals surface area contributed by atoms with Crippen LogP contribution in [0.25, 0.3) is 11.0 Å². The maximum absolute atomic E-state index is 11.8. The normalized spacial score (nSPS) is 17.9. The topological polar surface area (TPSA) is 49.6 Å². The molecule has 3 aromatic rings. The Bertz CT molecular complexity index is 1080. The molecule has 0 aliphatic carbocycles. The monoisotopic (exact) mass is 437 g/mol. The predicted molar refractivity (Wildman–Crippen MR) is 125 cm³/mol. The summed E-state index contributed by atoms with van der Waals surface area (Å²) >= 11 is 1.95. The van der Waals surface area contributed by atoms with Crippen LogP contribution in [0.3, 0.4) is 0 Å². The summed E-state index contributed by atoms with van der Waals surface area (Å²) in [5.74, 6) is 0.694. The molecule has 5 nitrogen and oxygen atoms in total. The van der Waals surface area contributed by atoms with E-state index in [4.69, 9.17) is 4.52 Å². The van der Waals surface area contributed by atoms with E-state index in [1.54, 1.807) is 17.4 Å². The van der Waals surface area contributed by atoms with Crippen LogP contribution in [0, 0.1) is 0 Å². The van der Waals surface area contributed by atoms with Crippen molar-refractivity contribution in [2.24, 2.45) is 0 Å². The van der Waals surface area contributed by atoms with E-state index in [1.165, 1.54) is 15.8 Å². The first kappa shape index (κ1) is 20.7. The maximum atomic E-state index is 11.8. The molecular formula is C25H31N3O2S. The molecule has 2 aliphatic rings. The Labute approximate surface area is 188 Å². The molecule has 0 radical (unpaired) electrons. The van der Waals surface area contributed by atoms with Crippen molar-refractivity contribution >= 4 is 28.2 Å². The Kier molecular flexibility index (Phi) is 5.85. The van der Waals surface area contributed by atoms with Gasteiger partial charge in [0.15, 0.2) is 5.58 Å². The fourth-order valence-corrected chi connectivity index (χ4v) is 6.75. The maximum Gasteiger partial charge on any atom is 0.219 e. The minimum atomic E-state index is 0.196. The molecule has 0 bridgehead atoms. The van der Waals surface area contributed by atoms with Crippen LogP contribution in [0.15, 0.2) is 28.8 Å². The number of aromatic nitrogens is 1. The largest absolute Gasteiger partial charge is 0.356 e. The van der Waals surface area contributed by atoms with Gasteiger partial charge in [-0.25, -0.2) is 0 Å². The lowest BCUT2D eigenvalue weighted by atomic mass is 9.91. The van der Waals surface area contributed by atoms with E-state index in [-0.39, 0.29) is 5.91 Å². The van der Waals surface area contributed by atoms with Gasteiger partial charge in [-0.2, -0.15) is 0 Å². The summed E-state index contributed by atoms with van der Waals surface area (Å²) in [6.45, 7) is 9.00. The van der Waals surface area contributed by atoms with Crippen molar-refractivity contribution in [3.8, 4) is 0 Å². The minimum Gasteiger partial charge on any atom is -0.356 e. The number of hydrogen-bond donors (Lipinski definition) is 0. The van der Waals surface area contributed by atoms with Gasteiger partial charge in [0, 0.05) is 41.1 Å². The van der Waals surface area contributed by atoms with Gasteiger partial charge in [0.1, 0.15) is 0 Å². The Balaban J connectivity index is 1.21. The lowest BCUT2D eigenvalue weighted by molar-refractivity contribution is -0.129. The Morgan fingerprint density at radius 1 is 1.23 bits per heavy atom. The van der Waals surface area contributed by atoms with Crippen LogP contribution < -0.4 is 0 Å². The van der Waals surface area contributed by atoms with Crippen LogP contribution in [-0.4, -0.2) is 47.0 Å². The first-order valence-electron chi connectivity index (χ1n) is 11.6. The number of carbonyl (C=O) groups is 1. The zero-order chi connectivity index (χ0) is 21.4. The molecule has 2 aliphatic heterocycles. The number of rotatable bonds is 5. The first-order valence-corrected chi connectivity index (χ1v) is 12.4. The summed E-state index contributed by atoms with van der Waals surface area (Å²) in [7, 11) is 0. The smallest absolute Gasteiger partial charge is 0.219 e. The number of carbonyl (C=O) groups excluding carboxylic acids is 1. The number of piperidine rings is 1. The van der Waals surface area contributed by atoms with Gasteiger partial charge in [-0.15, -0.1) is 11.3 Å². The predicted octanol–water partition coefficient (Wildman–Crippen LogP) is 4.78. The third kappa shape index (κ3) is 4.03. The first-order chi connectivity index (χ1) is 15.1. The molecule has 1 saturated heterocycles. The standard InChI is InChI=1S/C25H31N3O2S/c1-3-19-20-10-15-28(17(2)29)16-24(20)31-23(19)11-14-27-12-8-18(9-13-27)25-21-6-4-5-7-22(21)30-26-25/h4-7,18H,3,8-16H2,1-2H3. The van der Waals surface area contributed by atoms with E-state index in [9.17, 15) is 4.79 Å². The van der Waals surface area contributed by atoms with Gasteiger partial charge in [0.05, 0.1) is 12.2 Å². The molecule has 0 N–H and O–H groups in total. The summed E-state index contributed by atoms with van der Waals surface area (Å²) < 4.78 is 5.54. The van der Waals surface area contributed by atoms with E-state index in [2.05, 4.69) is 29.1 Å². The third-order valence-corrected chi connectivity index (χ3v) is 8.40. The second-order valence-electron chi connectivity index (χ2n) is 8.88. The number of fused-ring (bicyclic) bond motifs is 2. The lowest BCUT2D eigenvalue weighted by Crippen LogP contribution is -2.34. The summed E-state index contributed by atoms with van der Waals surface area (Å²) in [4.78, 5) is 19.4. The molecule has 0 atom stereocenters. The fourth-order valence-electron chi connectivity index (χ4n) is 5.30. The number of amides is 1. The number of likely N-dealkylation sites (tertiary alicyclic amines) is 1. The molecule has 0 saturated carbocycles. The van der Waals surface area contributed by atoms with Gasteiger partial charge in [0.25, 0.3) is 0 Å². The fraction of sp³-hybridized carbons (Fsp3) is 0.520. The van der Waals surface area contributed by atoms with E-state index >= 15 is 0 Å².